The average Bonchev–Trinajstić information content (AvgIpc) is 3.35. The maximum Gasteiger partial charge on any atom is 0.306 e. The van der Waals surface area contributed by atoms with Crippen LogP contribution in [0.3, 0.4) is 0 Å². The number of esters is 2. The monoisotopic (exact) mass is 1050 g/mol. The number of phosphoric acid groups is 1. The molecule has 0 saturated carbocycles. The van der Waals surface area contributed by atoms with Gasteiger partial charge in [-0.15, -0.1) is 0 Å². The van der Waals surface area contributed by atoms with Gasteiger partial charge in [-0.05, 0) is 51.4 Å². The summed E-state index contributed by atoms with van der Waals surface area (Å²) in [6.07, 6.45) is 69.1. The molecule has 0 aromatic rings. The summed E-state index contributed by atoms with van der Waals surface area (Å²) in [5.74, 6) is -0.851. The predicted molar refractivity (Wildman–Crippen MR) is 310 cm³/mol. The summed E-state index contributed by atoms with van der Waals surface area (Å²) in [4.78, 5) is 37.8. The highest BCUT2D eigenvalue weighted by Gasteiger charge is 2.22. The van der Waals surface area contributed by atoms with Crippen molar-refractivity contribution in [3.8, 4) is 0 Å². The van der Waals surface area contributed by atoms with Gasteiger partial charge in [-0.1, -0.05) is 274 Å². The highest BCUT2D eigenvalue weighted by molar-refractivity contribution is 7.45. The van der Waals surface area contributed by atoms with Crippen LogP contribution in [-0.2, 0) is 32.7 Å². The van der Waals surface area contributed by atoms with Crippen molar-refractivity contribution in [2.75, 3.05) is 47.5 Å². The normalized spacial score (nSPS) is 13.6. The molecule has 0 aromatic heterocycles. The molecule has 0 aromatic carbocycles. The van der Waals surface area contributed by atoms with Crippen molar-refractivity contribution in [1.82, 2.24) is 0 Å². The summed E-state index contributed by atoms with van der Waals surface area (Å²) in [7, 11) is 1.15. The smallest absolute Gasteiger partial charge is 0.306 e. The fourth-order valence-corrected chi connectivity index (χ4v) is 9.61. The number of hydrogen-bond donors (Lipinski definition) is 0. The number of ether oxygens (including phenoxy) is 2. The Morgan fingerprint density at radius 2 is 0.781 bits per heavy atom. The molecule has 0 spiro atoms. The van der Waals surface area contributed by atoms with Crippen LogP contribution >= 0.6 is 7.82 Å². The molecular weight excluding hydrogens is 930 g/mol. The van der Waals surface area contributed by atoms with Crippen molar-refractivity contribution in [3.05, 3.63) is 48.6 Å². The third-order valence-corrected chi connectivity index (χ3v) is 14.6. The van der Waals surface area contributed by atoms with Crippen LogP contribution in [0.15, 0.2) is 48.6 Å². The van der Waals surface area contributed by atoms with E-state index < -0.39 is 26.5 Å². The van der Waals surface area contributed by atoms with E-state index >= 15 is 0 Å². The van der Waals surface area contributed by atoms with E-state index in [1.54, 1.807) is 0 Å². The van der Waals surface area contributed by atoms with Crippen molar-refractivity contribution in [3.63, 3.8) is 0 Å². The molecule has 0 aliphatic carbocycles. The van der Waals surface area contributed by atoms with Crippen molar-refractivity contribution >= 4 is 19.8 Å². The van der Waals surface area contributed by atoms with Gasteiger partial charge in [0, 0.05) is 12.8 Å². The van der Waals surface area contributed by atoms with Crippen molar-refractivity contribution in [2.45, 2.75) is 296 Å². The van der Waals surface area contributed by atoms with Gasteiger partial charge in [0.05, 0.1) is 27.7 Å². The van der Waals surface area contributed by atoms with Crippen LogP contribution in [0.25, 0.3) is 0 Å². The quantitative estimate of drug-likeness (QED) is 0.0195. The van der Waals surface area contributed by atoms with Gasteiger partial charge >= 0.3 is 11.9 Å². The largest absolute Gasteiger partial charge is 0.756 e. The third kappa shape index (κ3) is 59.1. The standard InChI is InChI=1S/C63H118NO8P/c1-6-8-10-12-14-16-18-20-22-24-25-26-27-28-29-30-31-32-33-34-35-36-37-38-40-41-43-45-47-49-51-53-55-62(65)69-59-61(60-71-73(67,68)70-58-57-64(3,4)5)72-63(66)56-54-52-50-48-46-44-42-39-23-21-19-17-15-13-11-9-7-2/h9,11,15,17,21,23,42,44,61H,6-8,10,12-14,16,18-20,22,24-41,43,45-60H2,1-5H3/b11-9-,17-15-,23-21-,44-42-. The van der Waals surface area contributed by atoms with Gasteiger partial charge in [0.2, 0.25) is 0 Å². The number of rotatable bonds is 57. The van der Waals surface area contributed by atoms with E-state index in [-0.39, 0.29) is 32.0 Å². The second-order valence-electron chi connectivity index (χ2n) is 22.0. The average molecular weight is 1050 g/mol. The molecule has 0 aliphatic heterocycles. The Morgan fingerprint density at radius 3 is 1.16 bits per heavy atom. The van der Waals surface area contributed by atoms with E-state index in [0.29, 0.717) is 17.4 Å². The highest BCUT2D eigenvalue weighted by atomic mass is 31.2. The summed E-state index contributed by atoms with van der Waals surface area (Å²) < 4.78 is 34.1. The molecule has 2 unspecified atom stereocenters. The zero-order valence-electron chi connectivity index (χ0n) is 48.6. The predicted octanol–water partition coefficient (Wildman–Crippen LogP) is 18.7. The van der Waals surface area contributed by atoms with Gasteiger partial charge in [0.1, 0.15) is 19.8 Å². The summed E-state index contributed by atoms with van der Waals surface area (Å²) >= 11 is 0. The van der Waals surface area contributed by atoms with Crippen LogP contribution in [0.5, 0.6) is 0 Å². The van der Waals surface area contributed by atoms with Gasteiger partial charge in [0.25, 0.3) is 7.82 Å². The van der Waals surface area contributed by atoms with Crippen LogP contribution < -0.4 is 4.89 Å². The van der Waals surface area contributed by atoms with E-state index in [1.165, 1.54) is 186 Å². The fourth-order valence-electron chi connectivity index (χ4n) is 8.89. The molecule has 0 aliphatic rings. The topological polar surface area (TPSA) is 111 Å². The summed E-state index contributed by atoms with van der Waals surface area (Å²) in [5.41, 5.74) is 0. The molecule has 2 atom stereocenters. The number of quaternary nitrogens is 1. The van der Waals surface area contributed by atoms with Crippen molar-refractivity contribution in [1.29, 1.82) is 0 Å². The molecule has 0 amide bonds. The number of allylic oxidation sites excluding steroid dienone is 8. The lowest BCUT2D eigenvalue weighted by Crippen LogP contribution is -2.37. The molecule has 0 bridgehead atoms. The number of carbonyl (C=O) groups excluding carboxylic acids is 2. The molecular formula is C63H118NO8P. The molecule has 10 heteroatoms. The Labute approximate surface area is 452 Å². The highest BCUT2D eigenvalue weighted by Crippen LogP contribution is 2.38. The Morgan fingerprint density at radius 1 is 0.438 bits per heavy atom. The van der Waals surface area contributed by atoms with E-state index in [4.69, 9.17) is 18.5 Å². The number of hydrogen-bond acceptors (Lipinski definition) is 8. The molecule has 0 radical (unpaired) electrons. The van der Waals surface area contributed by atoms with Crippen LogP contribution in [0.2, 0.25) is 0 Å². The lowest BCUT2D eigenvalue weighted by Gasteiger charge is -2.28. The molecule has 0 saturated heterocycles. The van der Waals surface area contributed by atoms with Gasteiger partial charge in [-0.2, -0.15) is 0 Å². The first kappa shape index (κ1) is 71.0. The molecule has 73 heavy (non-hydrogen) atoms. The van der Waals surface area contributed by atoms with Gasteiger partial charge in [0.15, 0.2) is 6.10 Å². The Hall–Kier alpha value is -2.03. The maximum atomic E-state index is 12.8. The van der Waals surface area contributed by atoms with E-state index in [2.05, 4.69) is 62.5 Å². The van der Waals surface area contributed by atoms with Crippen molar-refractivity contribution in [2.24, 2.45) is 0 Å². The Kier molecular flexibility index (Phi) is 53.2. The molecule has 0 heterocycles. The minimum atomic E-state index is -4.64. The lowest BCUT2D eigenvalue weighted by molar-refractivity contribution is -0.870. The minimum absolute atomic E-state index is 0.0360. The van der Waals surface area contributed by atoms with E-state index in [9.17, 15) is 19.0 Å². The summed E-state index contributed by atoms with van der Waals surface area (Å²) in [5, 5.41) is 0. The van der Waals surface area contributed by atoms with Crippen LogP contribution in [0.4, 0.5) is 0 Å². The number of unbranched alkanes of at least 4 members (excludes halogenated alkanes) is 35. The first-order chi connectivity index (χ1) is 35.5. The molecule has 0 fully saturated rings. The minimum Gasteiger partial charge on any atom is -0.756 e. The SMILES string of the molecule is CC/C=C\C/C=C\C/C=C\C/C=C\CCCCCCC(=O)OC(COC(=O)CCCCCCCCCCCCCCCCCCCCCCCCCCCCCCCCCC)COP(=O)([O-])OCC[N+](C)(C)C. The number of nitrogens with zero attached hydrogens (tertiary/aromatic N) is 1. The number of carbonyl (C=O) groups is 2. The fraction of sp³-hybridized carbons (Fsp3) is 0.841. The summed E-state index contributed by atoms with van der Waals surface area (Å²) in [6.45, 7) is 4.13. The van der Waals surface area contributed by atoms with Gasteiger partial charge in [-0.25, -0.2) is 0 Å². The van der Waals surface area contributed by atoms with E-state index in [0.717, 1.165) is 70.6 Å². The second kappa shape index (κ2) is 54.7. The van der Waals surface area contributed by atoms with Crippen LogP contribution in [0, 0.1) is 0 Å². The van der Waals surface area contributed by atoms with Gasteiger partial charge < -0.3 is 27.9 Å². The molecule has 0 N–H and O–H groups in total. The van der Waals surface area contributed by atoms with Crippen LogP contribution in [0.1, 0.15) is 290 Å². The Bertz CT molecular complexity index is 1370. The maximum absolute atomic E-state index is 12.8. The number of phosphoric ester groups is 1. The van der Waals surface area contributed by atoms with Crippen LogP contribution in [-0.4, -0.2) is 70.0 Å². The zero-order chi connectivity index (χ0) is 53.5. The lowest BCUT2D eigenvalue weighted by atomic mass is 10.0. The molecule has 9 nitrogen and oxygen atoms in total. The second-order valence-corrected chi connectivity index (χ2v) is 23.5. The molecule has 428 valence electrons. The van der Waals surface area contributed by atoms with Gasteiger partial charge in [-0.3, -0.25) is 14.2 Å². The molecule has 0 rings (SSSR count). The Balaban J connectivity index is 4.01. The van der Waals surface area contributed by atoms with Crippen molar-refractivity contribution < 1.29 is 42.1 Å². The summed E-state index contributed by atoms with van der Waals surface area (Å²) in [6, 6.07) is 0. The first-order valence-electron chi connectivity index (χ1n) is 30.8. The number of likely N-dealkylation sites (N-methyl/N-ethyl adjacent to an activating group) is 1. The first-order valence-corrected chi connectivity index (χ1v) is 32.3. The third-order valence-electron chi connectivity index (χ3n) is 13.6. The van der Waals surface area contributed by atoms with E-state index in [1.807, 2.05) is 21.1 Å². The zero-order valence-corrected chi connectivity index (χ0v) is 49.5.